The number of fused-ring (bicyclic) bond motifs is 1. The number of hydrogen-bond acceptors (Lipinski definition) is 4. The first-order chi connectivity index (χ1) is 8.25. The highest BCUT2D eigenvalue weighted by Gasteiger charge is 2.40. The van der Waals surface area contributed by atoms with Gasteiger partial charge in [0.2, 0.25) is 6.08 Å². The minimum absolute atomic E-state index is 0.345. The first-order valence-corrected chi connectivity index (χ1v) is 6.52. The molecule has 3 nitrogen and oxygen atoms in total. The van der Waals surface area contributed by atoms with E-state index in [1.165, 1.54) is 4.70 Å². The van der Waals surface area contributed by atoms with E-state index in [1.807, 2.05) is 19.1 Å². The van der Waals surface area contributed by atoms with Crippen molar-refractivity contribution in [3.63, 3.8) is 0 Å². The highest BCUT2D eigenvalue weighted by atomic mass is 32.1. The van der Waals surface area contributed by atoms with Crippen molar-refractivity contribution in [3.05, 3.63) is 28.8 Å². The molecule has 1 fully saturated rings. The molecule has 0 saturated heterocycles. The number of aliphatic imine (C=N–C) groups is 1. The zero-order valence-electron chi connectivity index (χ0n) is 9.56. The number of para-hydroxylation sites is 1. The molecule has 0 radical (unpaired) electrons. The van der Waals surface area contributed by atoms with E-state index in [-0.39, 0.29) is 5.54 Å². The van der Waals surface area contributed by atoms with Gasteiger partial charge >= 0.3 is 0 Å². The summed E-state index contributed by atoms with van der Waals surface area (Å²) in [6.45, 7) is 2.00. The van der Waals surface area contributed by atoms with E-state index in [4.69, 9.17) is 0 Å². The van der Waals surface area contributed by atoms with Gasteiger partial charge in [-0.1, -0.05) is 12.1 Å². The van der Waals surface area contributed by atoms with Crippen LogP contribution in [0.15, 0.2) is 23.2 Å². The standard InChI is InChI=1S/C13H12N2OS/c1-9-15-12-10(4-2-5-11(12)17-9)13(14-8-16)6-3-7-13/h2,4-5H,3,6-7H2,1H3. The molecular weight excluding hydrogens is 232 g/mol. The van der Waals surface area contributed by atoms with Gasteiger partial charge in [0.25, 0.3) is 0 Å². The molecule has 0 atom stereocenters. The molecule has 86 valence electrons. The van der Waals surface area contributed by atoms with Crippen molar-refractivity contribution >= 4 is 27.6 Å². The second-order valence-electron chi connectivity index (χ2n) is 4.47. The van der Waals surface area contributed by atoms with E-state index in [1.54, 1.807) is 17.4 Å². The number of benzene rings is 1. The van der Waals surface area contributed by atoms with Crippen LogP contribution in [0.5, 0.6) is 0 Å². The molecule has 1 aliphatic rings. The molecule has 2 aromatic rings. The van der Waals surface area contributed by atoms with Gasteiger partial charge in [0.05, 0.1) is 15.2 Å². The van der Waals surface area contributed by atoms with Crippen molar-refractivity contribution in [3.8, 4) is 0 Å². The Hall–Kier alpha value is -1.51. The summed E-state index contributed by atoms with van der Waals surface area (Å²) in [6.07, 6.45) is 4.70. The van der Waals surface area contributed by atoms with E-state index in [2.05, 4.69) is 16.0 Å². The third-order valence-corrected chi connectivity index (χ3v) is 4.40. The van der Waals surface area contributed by atoms with Gasteiger partial charge in [0, 0.05) is 5.56 Å². The Morgan fingerprint density at radius 3 is 2.94 bits per heavy atom. The molecule has 0 aliphatic heterocycles. The van der Waals surface area contributed by atoms with Crippen molar-refractivity contribution in [1.82, 2.24) is 4.98 Å². The van der Waals surface area contributed by atoms with Gasteiger partial charge in [-0.05, 0) is 32.3 Å². The first kappa shape index (κ1) is 10.6. The maximum atomic E-state index is 10.6. The molecule has 0 amide bonds. The number of thiazole rings is 1. The lowest BCUT2D eigenvalue weighted by atomic mass is 9.72. The summed E-state index contributed by atoms with van der Waals surface area (Å²) in [5.74, 6) is 0. The third-order valence-electron chi connectivity index (χ3n) is 3.47. The highest BCUT2D eigenvalue weighted by Crippen LogP contribution is 2.47. The molecule has 0 bridgehead atoms. The van der Waals surface area contributed by atoms with Gasteiger partial charge in [-0.25, -0.2) is 9.78 Å². The highest BCUT2D eigenvalue weighted by molar-refractivity contribution is 7.18. The fourth-order valence-corrected chi connectivity index (χ4v) is 3.33. The monoisotopic (exact) mass is 244 g/mol. The molecule has 1 aromatic carbocycles. The summed E-state index contributed by atoms with van der Waals surface area (Å²) in [4.78, 5) is 19.2. The number of aromatic nitrogens is 1. The topological polar surface area (TPSA) is 42.3 Å². The average Bonchev–Trinajstić information content (AvgIpc) is 2.63. The molecule has 1 saturated carbocycles. The maximum absolute atomic E-state index is 10.6. The van der Waals surface area contributed by atoms with E-state index in [0.717, 1.165) is 35.4 Å². The van der Waals surface area contributed by atoms with Gasteiger partial charge in [-0.2, -0.15) is 4.99 Å². The molecular formula is C13H12N2OS. The van der Waals surface area contributed by atoms with E-state index >= 15 is 0 Å². The van der Waals surface area contributed by atoms with Crippen LogP contribution in [0.2, 0.25) is 0 Å². The van der Waals surface area contributed by atoms with Crippen molar-refractivity contribution in [2.45, 2.75) is 31.7 Å². The summed E-state index contributed by atoms with van der Waals surface area (Å²) < 4.78 is 1.17. The quantitative estimate of drug-likeness (QED) is 0.600. The van der Waals surface area contributed by atoms with Gasteiger partial charge in [-0.15, -0.1) is 11.3 Å². The molecule has 4 heteroatoms. The number of isocyanates is 1. The summed E-state index contributed by atoms with van der Waals surface area (Å²) in [5, 5.41) is 1.05. The second-order valence-corrected chi connectivity index (χ2v) is 5.71. The largest absolute Gasteiger partial charge is 0.241 e. The number of aryl methyl sites for hydroxylation is 1. The molecule has 1 aromatic heterocycles. The van der Waals surface area contributed by atoms with Crippen LogP contribution < -0.4 is 0 Å². The van der Waals surface area contributed by atoms with Crippen LogP contribution in [0.3, 0.4) is 0 Å². The van der Waals surface area contributed by atoms with Crippen LogP contribution in [-0.2, 0) is 10.3 Å². The molecule has 0 spiro atoms. The predicted octanol–water partition coefficient (Wildman–Crippen LogP) is 3.32. The summed E-state index contributed by atoms with van der Waals surface area (Å²) in [5.41, 5.74) is 1.75. The molecule has 1 aliphatic carbocycles. The van der Waals surface area contributed by atoms with Gasteiger partial charge < -0.3 is 0 Å². The van der Waals surface area contributed by atoms with E-state index in [0.29, 0.717) is 0 Å². The lowest BCUT2D eigenvalue weighted by Crippen LogP contribution is -2.32. The van der Waals surface area contributed by atoms with Crippen LogP contribution in [0.4, 0.5) is 0 Å². The van der Waals surface area contributed by atoms with Crippen molar-refractivity contribution < 1.29 is 4.79 Å². The van der Waals surface area contributed by atoms with Crippen molar-refractivity contribution in [2.75, 3.05) is 0 Å². The summed E-state index contributed by atoms with van der Waals surface area (Å²) >= 11 is 1.68. The average molecular weight is 244 g/mol. The smallest absolute Gasteiger partial charge is 0.235 e. The molecule has 17 heavy (non-hydrogen) atoms. The van der Waals surface area contributed by atoms with Crippen LogP contribution >= 0.6 is 11.3 Å². The van der Waals surface area contributed by atoms with Gasteiger partial charge in [-0.3, -0.25) is 0 Å². The Balaban J connectivity index is 2.25. The SMILES string of the molecule is Cc1nc2c(C3(N=C=O)CCC3)cccc2s1. The Morgan fingerprint density at radius 1 is 1.47 bits per heavy atom. The molecule has 0 unspecified atom stereocenters. The fourth-order valence-electron chi connectivity index (χ4n) is 2.48. The minimum atomic E-state index is -0.345. The summed E-state index contributed by atoms with van der Waals surface area (Å²) in [6, 6.07) is 6.14. The number of nitrogens with zero attached hydrogens (tertiary/aromatic N) is 2. The Bertz CT molecular complexity index is 621. The Kier molecular flexibility index (Phi) is 2.35. The van der Waals surface area contributed by atoms with Gasteiger partial charge in [0.15, 0.2) is 0 Å². The van der Waals surface area contributed by atoms with E-state index < -0.39 is 0 Å². The lowest BCUT2D eigenvalue weighted by Gasteiger charge is -2.37. The van der Waals surface area contributed by atoms with Crippen LogP contribution in [0.25, 0.3) is 10.2 Å². The zero-order chi connectivity index (χ0) is 11.9. The van der Waals surface area contributed by atoms with Gasteiger partial charge in [0.1, 0.15) is 5.54 Å². The Morgan fingerprint density at radius 2 is 2.29 bits per heavy atom. The number of carbonyl (C=O) groups excluding carboxylic acids is 1. The first-order valence-electron chi connectivity index (χ1n) is 5.71. The van der Waals surface area contributed by atoms with Crippen molar-refractivity contribution in [1.29, 1.82) is 0 Å². The lowest BCUT2D eigenvalue weighted by molar-refractivity contribution is 0.258. The second kappa shape index (κ2) is 3.76. The normalized spacial score (nSPS) is 17.5. The van der Waals surface area contributed by atoms with Crippen LogP contribution in [0.1, 0.15) is 29.8 Å². The van der Waals surface area contributed by atoms with Crippen LogP contribution in [-0.4, -0.2) is 11.1 Å². The Labute approximate surface area is 103 Å². The predicted molar refractivity (Wildman–Crippen MR) is 68.0 cm³/mol. The van der Waals surface area contributed by atoms with E-state index in [9.17, 15) is 4.79 Å². The van der Waals surface area contributed by atoms with Crippen LogP contribution in [0, 0.1) is 6.92 Å². The minimum Gasteiger partial charge on any atom is -0.241 e. The van der Waals surface area contributed by atoms with Crippen molar-refractivity contribution in [2.24, 2.45) is 4.99 Å². The zero-order valence-corrected chi connectivity index (χ0v) is 10.4. The molecule has 0 N–H and O–H groups in total. The maximum Gasteiger partial charge on any atom is 0.235 e. The fraction of sp³-hybridized carbons (Fsp3) is 0.385. The third kappa shape index (κ3) is 1.53. The molecule has 3 rings (SSSR count). The number of rotatable bonds is 2. The number of hydrogen-bond donors (Lipinski definition) is 0. The molecule has 1 heterocycles. The summed E-state index contributed by atoms with van der Waals surface area (Å²) in [7, 11) is 0.